The zero-order chi connectivity index (χ0) is 26.6. The van der Waals surface area contributed by atoms with Crippen LogP contribution in [-0.2, 0) is 0 Å². The van der Waals surface area contributed by atoms with Crippen molar-refractivity contribution in [1.82, 2.24) is 10.4 Å². The number of halogens is 1. The van der Waals surface area contributed by atoms with Gasteiger partial charge >= 0.3 is 5.97 Å². The number of nitrogens with one attached hydrogen (secondary N) is 2. The molecule has 8 nitrogen and oxygen atoms in total. The Balaban J connectivity index is 1.44. The van der Waals surface area contributed by atoms with Crippen LogP contribution in [0, 0.1) is 0 Å². The van der Waals surface area contributed by atoms with Gasteiger partial charge < -0.3 is 19.0 Å². The number of esters is 1. The molecule has 3 aromatic carbocycles. The number of amides is 1. The van der Waals surface area contributed by atoms with E-state index in [2.05, 4.69) is 37.5 Å². The maximum atomic E-state index is 13.3. The van der Waals surface area contributed by atoms with E-state index in [0.29, 0.717) is 11.3 Å². The minimum absolute atomic E-state index is 0.0776. The van der Waals surface area contributed by atoms with Gasteiger partial charge in [-0.3, -0.25) is 4.79 Å². The molecule has 0 aliphatic rings. The fourth-order valence-corrected chi connectivity index (χ4v) is 4.39. The van der Waals surface area contributed by atoms with E-state index in [1.54, 1.807) is 24.3 Å². The van der Waals surface area contributed by atoms with E-state index in [9.17, 15) is 9.59 Å². The molecule has 9 heteroatoms. The molecule has 2 N–H and O–H groups in total. The van der Waals surface area contributed by atoms with E-state index < -0.39 is 11.9 Å². The first-order valence-electron chi connectivity index (χ1n) is 11.7. The van der Waals surface area contributed by atoms with Crippen LogP contribution in [0.5, 0.6) is 5.75 Å². The number of carbonyl (C=O) groups is 2. The quantitative estimate of drug-likeness (QED) is 0.104. The third kappa shape index (κ3) is 5.23. The first kappa shape index (κ1) is 25.0. The van der Waals surface area contributed by atoms with Crippen molar-refractivity contribution < 1.29 is 18.7 Å². The highest BCUT2D eigenvalue weighted by Gasteiger charge is 2.20. The van der Waals surface area contributed by atoms with Crippen molar-refractivity contribution in [3.05, 3.63) is 107 Å². The van der Waals surface area contributed by atoms with Gasteiger partial charge in [-0.25, -0.2) is 10.2 Å². The molecule has 2 heterocycles. The largest absolute Gasteiger partial charge is 0.457 e. The molecule has 2 aromatic heterocycles. The van der Waals surface area contributed by atoms with Crippen LogP contribution in [0.15, 0.2) is 99.1 Å². The van der Waals surface area contributed by atoms with Crippen molar-refractivity contribution >= 4 is 50.6 Å². The highest BCUT2D eigenvalue weighted by Crippen LogP contribution is 2.34. The van der Waals surface area contributed by atoms with Crippen molar-refractivity contribution in [3.63, 3.8) is 0 Å². The normalized spacial score (nSPS) is 11.1. The monoisotopic (exact) mass is 570 g/mol. The first-order valence-corrected chi connectivity index (χ1v) is 12.5. The Hall–Kier alpha value is -4.63. The van der Waals surface area contributed by atoms with Gasteiger partial charge in [0.2, 0.25) is 5.76 Å². The number of hydrogen-bond acceptors (Lipinski definition) is 6. The first-order chi connectivity index (χ1) is 18.4. The summed E-state index contributed by atoms with van der Waals surface area (Å²) in [6.45, 7) is 0. The number of furan rings is 1. The lowest BCUT2D eigenvalue weighted by atomic mass is 10.0. The van der Waals surface area contributed by atoms with Gasteiger partial charge in [-0.15, -0.1) is 0 Å². The standard InChI is InChI=1S/C29H23BrN4O4/c1-34(2)21-11-12-23-22(16-21)26(18-7-4-3-5-8-18)27(32-23)28(35)33-31-17-19-15-20(30)10-13-24(19)38-29(36)25-9-6-14-37-25/h3-17,32H,1-2H3,(H,33,35). The number of nitrogens with zero attached hydrogens (tertiary/aromatic N) is 2. The zero-order valence-corrected chi connectivity index (χ0v) is 22.2. The van der Waals surface area contributed by atoms with Crippen molar-refractivity contribution in [1.29, 1.82) is 0 Å². The van der Waals surface area contributed by atoms with Gasteiger partial charge in [-0.1, -0.05) is 46.3 Å². The molecule has 0 aliphatic carbocycles. The Bertz CT molecular complexity index is 1640. The van der Waals surface area contributed by atoms with Crippen molar-refractivity contribution in [2.45, 2.75) is 0 Å². The molecule has 0 spiro atoms. The summed E-state index contributed by atoms with van der Waals surface area (Å²) in [5, 5.41) is 5.08. The number of hydrogen-bond donors (Lipinski definition) is 2. The van der Waals surface area contributed by atoms with Gasteiger partial charge in [-0.05, 0) is 54.1 Å². The van der Waals surface area contributed by atoms with E-state index >= 15 is 0 Å². The predicted octanol–water partition coefficient (Wildman–Crippen LogP) is 6.24. The van der Waals surface area contributed by atoms with Crippen LogP contribution in [0.1, 0.15) is 26.6 Å². The molecule has 0 saturated carbocycles. The Morgan fingerprint density at radius 2 is 1.84 bits per heavy atom. The summed E-state index contributed by atoms with van der Waals surface area (Å²) in [7, 11) is 3.95. The molecule has 0 unspecified atom stereocenters. The SMILES string of the molecule is CN(C)c1ccc2[nH]c(C(=O)NN=Cc3cc(Br)ccc3OC(=O)c3ccco3)c(-c3ccccc3)c2c1. The molecule has 0 radical (unpaired) electrons. The van der Waals surface area contributed by atoms with Gasteiger partial charge in [0.1, 0.15) is 11.4 Å². The highest BCUT2D eigenvalue weighted by atomic mass is 79.9. The van der Waals surface area contributed by atoms with E-state index in [1.165, 1.54) is 18.5 Å². The average Bonchev–Trinajstić information content (AvgIpc) is 3.59. The van der Waals surface area contributed by atoms with Crippen molar-refractivity contribution in [3.8, 4) is 16.9 Å². The number of carbonyl (C=O) groups excluding carboxylic acids is 2. The number of aromatic nitrogens is 1. The molecule has 5 aromatic rings. The van der Waals surface area contributed by atoms with Gasteiger partial charge in [0, 0.05) is 46.3 Å². The summed E-state index contributed by atoms with van der Waals surface area (Å²) in [4.78, 5) is 30.9. The van der Waals surface area contributed by atoms with Crippen LogP contribution in [0.25, 0.3) is 22.0 Å². The Labute approximate surface area is 227 Å². The molecule has 190 valence electrons. The van der Waals surface area contributed by atoms with Crippen molar-refractivity contribution in [2.24, 2.45) is 5.10 Å². The molecule has 0 aliphatic heterocycles. The maximum Gasteiger partial charge on any atom is 0.379 e. The molecule has 0 bridgehead atoms. The minimum Gasteiger partial charge on any atom is -0.457 e. The predicted molar refractivity (Wildman–Crippen MR) is 151 cm³/mol. The third-order valence-corrected chi connectivity index (χ3v) is 6.35. The van der Waals surface area contributed by atoms with E-state index in [0.717, 1.165) is 32.2 Å². The molecule has 1 amide bonds. The van der Waals surface area contributed by atoms with Gasteiger partial charge in [0.05, 0.1) is 12.5 Å². The maximum absolute atomic E-state index is 13.3. The molecule has 0 atom stereocenters. The van der Waals surface area contributed by atoms with Gasteiger partial charge in [0.25, 0.3) is 5.91 Å². The van der Waals surface area contributed by atoms with Crippen LogP contribution >= 0.6 is 15.9 Å². The number of rotatable bonds is 7. The van der Waals surface area contributed by atoms with Crippen LogP contribution in [0.3, 0.4) is 0 Å². The third-order valence-electron chi connectivity index (χ3n) is 5.85. The Kier molecular flexibility index (Phi) is 7.10. The number of hydrazone groups is 1. The smallest absolute Gasteiger partial charge is 0.379 e. The molecule has 38 heavy (non-hydrogen) atoms. The van der Waals surface area contributed by atoms with Crippen molar-refractivity contribution in [2.75, 3.05) is 19.0 Å². The van der Waals surface area contributed by atoms with Crippen LogP contribution in [0.2, 0.25) is 0 Å². The number of aromatic amines is 1. The number of ether oxygens (including phenoxy) is 1. The second-order valence-electron chi connectivity index (χ2n) is 8.61. The number of fused-ring (bicyclic) bond motifs is 1. The molecule has 5 rings (SSSR count). The lowest BCUT2D eigenvalue weighted by Crippen LogP contribution is -2.19. The fourth-order valence-electron chi connectivity index (χ4n) is 4.01. The molecular weight excluding hydrogens is 548 g/mol. The highest BCUT2D eigenvalue weighted by molar-refractivity contribution is 9.10. The lowest BCUT2D eigenvalue weighted by Gasteiger charge is -2.12. The molecule has 0 saturated heterocycles. The topological polar surface area (TPSA) is 99.9 Å². The van der Waals surface area contributed by atoms with E-state index in [4.69, 9.17) is 9.15 Å². The van der Waals surface area contributed by atoms with E-state index in [1.807, 2.05) is 61.5 Å². The van der Waals surface area contributed by atoms with Crippen LogP contribution in [0.4, 0.5) is 5.69 Å². The molecular formula is C29H23BrN4O4. The Morgan fingerprint density at radius 1 is 1.03 bits per heavy atom. The number of H-pyrrole nitrogens is 1. The fraction of sp³-hybridized carbons (Fsp3) is 0.0690. The summed E-state index contributed by atoms with van der Waals surface area (Å²) >= 11 is 3.41. The summed E-state index contributed by atoms with van der Waals surface area (Å²) in [6.07, 6.45) is 2.81. The summed E-state index contributed by atoms with van der Waals surface area (Å²) in [6, 6.07) is 23.9. The van der Waals surface area contributed by atoms with E-state index in [-0.39, 0.29) is 11.5 Å². The van der Waals surface area contributed by atoms with Gasteiger partial charge in [-0.2, -0.15) is 5.10 Å². The number of benzene rings is 3. The minimum atomic E-state index is -0.640. The summed E-state index contributed by atoms with van der Waals surface area (Å²) in [5.74, 6) is -0.710. The Morgan fingerprint density at radius 3 is 2.58 bits per heavy atom. The average molecular weight is 571 g/mol. The van der Waals surface area contributed by atoms with Crippen LogP contribution in [-0.4, -0.2) is 37.2 Å². The summed E-state index contributed by atoms with van der Waals surface area (Å²) < 4.78 is 11.3. The second-order valence-corrected chi connectivity index (χ2v) is 9.53. The van der Waals surface area contributed by atoms with Gasteiger partial charge in [0.15, 0.2) is 0 Å². The molecule has 0 fully saturated rings. The van der Waals surface area contributed by atoms with Crippen LogP contribution < -0.4 is 15.1 Å². The second kappa shape index (κ2) is 10.8. The number of anilines is 1. The summed E-state index contributed by atoms with van der Waals surface area (Å²) in [5.41, 5.74) is 7.01. The zero-order valence-electron chi connectivity index (χ0n) is 20.6. The lowest BCUT2D eigenvalue weighted by molar-refractivity contribution is 0.0700.